The molecule has 182 valence electrons. The Kier molecular flexibility index (Phi) is 7.20. The van der Waals surface area contributed by atoms with E-state index in [2.05, 4.69) is 5.32 Å². The highest BCUT2D eigenvalue weighted by atomic mass is 19.4. The molecule has 1 N–H and O–H groups in total. The Labute approximate surface area is 200 Å². The molecule has 3 aromatic rings. The summed E-state index contributed by atoms with van der Waals surface area (Å²) in [6.07, 6.45) is -3.30. The van der Waals surface area contributed by atoms with E-state index in [1.807, 2.05) is 6.07 Å². The minimum atomic E-state index is -4.54. The quantitative estimate of drug-likeness (QED) is 0.413. The lowest BCUT2D eigenvalue weighted by Gasteiger charge is -2.38. The molecular formula is C27H23F5N2O. The maximum Gasteiger partial charge on any atom is 0.416 e. The van der Waals surface area contributed by atoms with Gasteiger partial charge in [-0.15, -0.1) is 0 Å². The van der Waals surface area contributed by atoms with Crippen molar-refractivity contribution in [3.8, 4) is 17.2 Å². The molecular weight excluding hydrogens is 463 g/mol. The summed E-state index contributed by atoms with van der Waals surface area (Å²) in [6, 6.07) is 15.9. The van der Waals surface area contributed by atoms with Crippen LogP contribution in [-0.2, 0) is 22.9 Å². The van der Waals surface area contributed by atoms with E-state index < -0.39 is 28.8 Å². The minimum Gasteiger partial charge on any atom is -0.376 e. The summed E-state index contributed by atoms with van der Waals surface area (Å²) in [7, 11) is 0. The van der Waals surface area contributed by atoms with Crippen molar-refractivity contribution in [3.05, 3.63) is 94.6 Å². The zero-order valence-corrected chi connectivity index (χ0v) is 18.8. The molecule has 0 radical (unpaired) electrons. The molecule has 0 bridgehead atoms. The Hall–Kier alpha value is -3.28. The van der Waals surface area contributed by atoms with Gasteiger partial charge in [0.2, 0.25) is 0 Å². The molecule has 1 aliphatic heterocycles. The van der Waals surface area contributed by atoms with Crippen molar-refractivity contribution in [3.63, 3.8) is 0 Å². The first-order valence-corrected chi connectivity index (χ1v) is 11.2. The summed E-state index contributed by atoms with van der Waals surface area (Å²) >= 11 is 0. The summed E-state index contributed by atoms with van der Waals surface area (Å²) < 4.78 is 74.1. The van der Waals surface area contributed by atoms with Crippen molar-refractivity contribution in [2.24, 2.45) is 0 Å². The number of rotatable bonds is 6. The van der Waals surface area contributed by atoms with Gasteiger partial charge in [0.05, 0.1) is 30.4 Å². The second kappa shape index (κ2) is 10.1. The first-order chi connectivity index (χ1) is 16.7. The Morgan fingerprint density at radius 3 is 2.23 bits per heavy atom. The van der Waals surface area contributed by atoms with Crippen molar-refractivity contribution in [1.29, 1.82) is 5.26 Å². The predicted molar refractivity (Wildman–Crippen MR) is 121 cm³/mol. The van der Waals surface area contributed by atoms with Crippen LogP contribution in [-0.4, -0.2) is 19.7 Å². The standard InChI is InChI=1S/C27H23F5N2O/c28-24-6-5-22(14-25(24)29)26(7-9-34-10-8-26)17-35-16-19-11-21(13-23(12-19)27(30,31)32)20-3-1-18(15-33)2-4-20/h1-6,11-14,34H,7-10,16-17H2. The molecule has 0 saturated carbocycles. The number of ether oxygens (including phenoxy) is 1. The maximum absolute atomic E-state index is 13.9. The summed E-state index contributed by atoms with van der Waals surface area (Å²) in [5.41, 5.74) is 0.906. The van der Waals surface area contributed by atoms with Crippen LogP contribution >= 0.6 is 0 Å². The van der Waals surface area contributed by atoms with Crippen LogP contribution in [0, 0.1) is 23.0 Å². The van der Waals surface area contributed by atoms with Gasteiger partial charge < -0.3 is 10.1 Å². The molecule has 0 atom stereocenters. The average molecular weight is 486 g/mol. The maximum atomic E-state index is 13.9. The van der Waals surface area contributed by atoms with Crippen molar-refractivity contribution >= 4 is 0 Å². The zero-order valence-electron chi connectivity index (χ0n) is 18.8. The van der Waals surface area contributed by atoms with Crippen molar-refractivity contribution in [2.75, 3.05) is 19.7 Å². The lowest BCUT2D eigenvalue weighted by atomic mass is 9.74. The molecule has 1 fully saturated rings. The summed E-state index contributed by atoms with van der Waals surface area (Å²) in [6.45, 7) is 1.40. The summed E-state index contributed by atoms with van der Waals surface area (Å²) in [4.78, 5) is 0. The molecule has 0 amide bonds. The van der Waals surface area contributed by atoms with Crippen LogP contribution in [0.15, 0.2) is 60.7 Å². The molecule has 3 aromatic carbocycles. The number of alkyl halides is 3. The van der Waals surface area contributed by atoms with Crippen LogP contribution in [0.2, 0.25) is 0 Å². The normalized spacial score (nSPS) is 15.5. The van der Waals surface area contributed by atoms with E-state index >= 15 is 0 Å². The SMILES string of the molecule is N#Cc1ccc(-c2cc(COCC3(c4ccc(F)c(F)c4)CCNCC3)cc(C(F)(F)F)c2)cc1. The van der Waals surface area contributed by atoms with E-state index in [1.165, 1.54) is 6.07 Å². The predicted octanol–water partition coefficient (Wildman–Crippen LogP) is 6.36. The number of nitrogens with zero attached hydrogens (tertiary/aromatic N) is 1. The van der Waals surface area contributed by atoms with Crippen LogP contribution in [0.3, 0.4) is 0 Å². The number of nitriles is 1. The fraction of sp³-hybridized carbons (Fsp3) is 0.296. The van der Waals surface area contributed by atoms with Crippen molar-refractivity contribution in [2.45, 2.75) is 31.0 Å². The lowest BCUT2D eigenvalue weighted by Crippen LogP contribution is -2.43. The van der Waals surface area contributed by atoms with Crippen LogP contribution in [0.4, 0.5) is 22.0 Å². The average Bonchev–Trinajstić information content (AvgIpc) is 2.85. The van der Waals surface area contributed by atoms with Crippen molar-refractivity contribution in [1.82, 2.24) is 5.32 Å². The van der Waals surface area contributed by atoms with Crippen LogP contribution < -0.4 is 5.32 Å². The molecule has 0 spiro atoms. The first-order valence-electron chi connectivity index (χ1n) is 11.2. The van der Waals surface area contributed by atoms with Gasteiger partial charge in [0, 0.05) is 5.41 Å². The topological polar surface area (TPSA) is 45.0 Å². The molecule has 1 aliphatic rings. The van der Waals surface area contributed by atoms with Crippen LogP contribution in [0.5, 0.6) is 0 Å². The van der Waals surface area contributed by atoms with Gasteiger partial charge in [0.1, 0.15) is 0 Å². The Balaban J connectivity index is 1.58. The van der Waals surface area contributed by atoms with Crippen LogP contribution in [0.1, 0.15) is 35.1 Å². The smallest absolute Gasteiger partial charge is 0.376 e. The largest absolute Gasteiger partial charge is 0.416 e. The Morgan fingerprint density at radius 2 is 1.60 bits per heavy atom. The number of nitrogens with one attached hydrogen (secondary N) is 1. The Morgan fingerprint density at radius 1 is 0.886 bits per heavy atom. The third-order valence-electron chi connectivity index (χ3n) is 6.41. The number of hydrogen-bond acceptors (Lipinski definition) is 3. The van der Waals surface area contributed by atoms with Gasteiger partial charge in [-0.2, -0.15) is 18.4 Å². The second-order valence-electron chi connectivity index (χ2n) is 8.76. The van der Waals surface area contributed by atoms with Gasteiger partial charge >= 0.3 is 6.18 Å². The lowest BCUT2D eigenvalue weighted by molar-refractivity contribution is -0.137. The molecule has 0 aromatic heterocycles. The zero-order chi connectivity index (χ0) is 25.1. The van der Waals surface area contributed by atoms with E-state index in [0.29, 0.717) is 53.7 Å². The van der Waals surface area contributed by atoms with Gasteiger partial charge in [-0.3, -0.25) is 0 Å². The van der Waals surface area contributed by atoms with Gasteiger partial charge in [-0.1, -0.05) is 18.2 Å². The molecule has 8 heteroatoms. The highest BCUT2D eigenvalue weighted by Crippen LogP contribution is 2.36. The van der Waals surface area contributed by atoms with E-state index in [4.69, 9.17) is 10.00 Å². The number of halogens is 5. The number of hydrogen-bond donors (Lipinski definition) is 1. The third-order valence-corrected chi connectivity index (χ3v) is 6.41. The molecule has 3 nitrogen and oxygen atoms in total. The molecule has 1 heterocycles. The van der Waals surface area contributed by atoms with Gasteiger partial charge in [-0.25, -0.2) is 8.78 Å². The molecule has 4 rings (SSSR count). The summed E-state index contributed by atoms with van der Waals surface area (Å²) in [5.74, 6) is -1.87. The molecule has 0 aliphatic carbocycles. The van der Waals surface area contributed by atoms with E-state index in [9.17, 15) is 22.0 Å². The first kappa shape index (κ1) is 24.8. The fourth-order valence-corrected chi connectivity index (χ4v) is 4.45. The molecule has 35 heavy (non-hydrogen) atoms. The monoisotopic (exact) mass is 486 g/mol. The van der Waals surface area contributed by atoms with Gasteiger partial charge in [0.15, 0.2) is 11.6 Å². The van der Waals surface area contributed by atoms with E-state index in [-0.39, 0.29) is 13.2 Å². The van der Waals surface area contributed by atoms with Gasteiger partial charge in [-0.05, 0) is 90.6 Å². The van der Waals surface area contributed by atoms with Gasteiger partial charge in [0.25, 0.3) is 0 Å². The number of piperidine rings is 1. The second-order valence-corrected chi connectivity index (χ2v) is 8.76. The molecule has 1 saturated heterocycles. The Bertz CT molecular complexity index is 1230. The minimum absolute atomic E-state index is 0.0773. The van der Waals surface area contributed by atoms with E-state index in [1.54, 1.807) is 36.4 Å². The summed E-state index contributed by atoms with van der Waals surface area (Å²) in [5, 5.41) is 12.2. The van der Waals surface area contributed by atoms with Crippen LogP contribution in [0.25, 0.3) is 11.1 Å². The van der Waals surface area contributed by atoms with Crippen molar-refractivity contribution < 1.29 is 26.7 Å². The molecule has 0 unspecified atom stereocenters. The highest BCUT2D eigenvalue weighted by molar-refractivity contribution is 5.66. The third kappa shape index (κ3) is 5.69. The number of benzene rings is 3. The fourth-order valence-electron chi connectivity index (χ4n) is 4.45. The van der Waals surface area contributed by atoms with E-state index in [0.717, 1.165) is 18.2 Å². The highest BCUT2D eigenvalue weighted by Gasteiger charge is 2.35.